The molecule has 0 radical (unpaired) electrons. The molecule has 35 heavy (non-hydrogen) atoms. The van der Waals surface area contributed by atoms with Crippen LogP contribution in [-0.2, 0) is 4.74 Å². The van der Waals surface area contributed by atoms with Crippen molar-refractivity contribution < 1.29 is 23.7 Å². The van der Waals surface area contributed by atoms with Gasteiger partial charge in [-0.1, -0.05) is 36.4 Å². The van der Waals surface area contributed by atoms with Crippen LogP contribution in [0.3, 0.4) is 0 Å². The molecule has 2 N–H and O–H groups in total. The van der Waals surface area contributed by atoms with Gasteiger partial charge in [0.15, 0.2) is 5.11 Å². The molecular formula is C27H28N2O5S. The van der Waals surface area contributed by atoms with Gasteiger partial charge in [-0.15, -0.1) is 0 Å². The number of ether oxygens (including phenoxy) is 4. The quantitative estimate of drug-likeness (QED) is 0.310. The molecule has 0 aliphatic carbocycles. The minimum Gasteiger partial charge on any atom is -0.490 e. The highest BCUT2D eigenvalue weighted by molar-refractivity contribution is 7.80. The van der Waals surface area contributed by atoms with Crippen LogP contribution in [0.4, 0.5) is 5.69 Å². The van der Waals surface area contributed by atoms with Gasteiger partial charge in [0.05, 0.1) is 11.8 Å². The zero-order valence-electron chi connectivity index (χ0n) is 19.3. The molecule has 1 amide bonds. The van der Waals surface area contributed by atoms with Crippen molar-refractivity contribution in [3.05, 3.63) is 84.4 Å². The molecule has 3 aromatic carbocycles. The first-order valence-electron chi connectivity index (χ1n) is 11.5. The molecule has 1 aliphatic heterocycles. The smallest absolute Gasteiger partial charge is 0.257 e. The second-order valence-corrected chi connectivity index (χ2v) is 8.30. The van der Waals surface area contributed by atoms with Crippen LogP contribution < -0.4 is 24.8 Å². The molecule has 4 rings (SSSR count). The van der Waals surface area contributed by atoms with Crippen LogP contribution in [0.25, 0.3) is 0 Å². The lowest BCUT2D eigenvalue weighted by atomic mass is 10.2. The lowest BCUT2D eigenvalue weighted by Crippen LogP contribution is -2.34. The average molecular weight is 493 g/mol. The van der Waals surface area contributed by atoms with Gasteiger partial charge in [0, 0.05) is 12.2 Å². The fourth-order valence-corrected chi connectivity index (χ4v) is 3.75. The van der Waals surface area contributed by atoms with Crippen LogP contribution in [0.1, 0.15) is 23.2 Å². The lowest BCUT2D eigenvalue weighted by molar-refractivity contribution is 0.0682. The maximum atomic E-state index is 12.7. The van der Waals surface area contributed by atoms with Crippen LogP contribution >= 0.6 is 12.2 Å². The number of thiocarbonyl (C=S) groups is 1. The Morgan fingerprint density at radius 1 is 0.914 bits per heavy atom. The Kier molecular flexibility index (Phi) is 8.91. The number of para-hydroxylation sites is 3. The van der Waals surface area contributed by atoms with E-state index in [1.54, 1.807) is 24.3 Å². The second kappa shape index (κ2) is 12.7. The molecule has 0 spiro atoms. The Morgan fingerprint density at radius 2 is 1.66 bits per heavy atom. The van der Waals surface area contributed by atoms with Crippen molar-refractivity contribution in [2.24, 2.45) is 0 Å². The number of hydrogen-bond acceptors (Lipinski definition) is 6. The summed E-state index contributed by atoms with van der Waals surface area (Å²) in [6.45, 7) is 1.99. The van der Waals surface area contributed by atoms with Crippen molar-refractivity contribution in [3.8, 4) is 17.2 Å². The van der Waals surface area contributed by atoms with E-state index in [1.165, 1.54) is 0 Å². The predicted octanol–water partition coefficient (Wildman–Crippen LogP) is 4.83. The summed E-state index contributed by atoms with van der Waals surface area (Å²) in [5, 5.41) is 5.92. The lowest BCUT2D eigenvalue weighted by Gasteiger charge is -2.16. The number of rotatable bonds is 10. The summed E-state index contributed by atoms with van der Waals surface area (Å²) >= 11 is 5.36. The van der Waals surface area contributed by atoms with E-state index in [9.17, 15) is 4.79 Å². The van der Waals surface area contributed by atoms with Gasteiger partial charge in [-0.3, -0.25) is 10.1 Å². The van der Waals surface area contributed by atoms with Crippen LogP contribution in [0.2, 0.25) is 0 Å². The number of carbonyl (C=O) groups excluding carboxylic acids is 1. The van der Waals surface area contributed by atoms with E-state index in [4.69, 9.17) is 31.2 Å². The standard InChI is InChI=1S/C27H28N2O5S/c30-26(20-8-6-11-22(18-20)33-17-16-32-21-9-2-1-3-10-21)29-27(35)28-24-13-4-5-14-25(24)34-19-23-12-7-15-31-23/h1-6,8-11,13-14,18,23H,7,12,15-17,19H2,(H2,28,29,30,35). The van der Waals surface area contributed by atoms with Gasteiger partial charge >= 0.3 is 0 Å². The third-order valence-corrected chi connectivity index (χ3v) is 5.48. The molecule has 1 unspecified atom stereocenters. The van der Waals surface area contributed by atoms with Crippen molar-refractivity contribution in [2.45, 2.75) is 18.9 Å². The number of carbonyl (C=O) groups is 1. The van der Waals surface area contributed by atoms with Gasteiger partial charge in [0.25, 0.3) is 5.91 Å². The molecule has 1 fully saturated rings. The Balaban J connectivity index is 1.26. The Hall–Kier alpha value is -3.62. The third kappa shape index (κ3) is 7.70. The minimum absolute atomic E-state index is 0.106. The average Bonchev–Trinajstić information content (AvgIpc) is 3.41. The first-order valence-corrected chi connectivity index (χ1v) is 11.9. The minimum atomic E-state index is -0.341. The van der Waals surface area contributed by atoms with Crippen LogP contribution in [0.5, 0.6) is 17.2 Å². The Labute approximate surface area is 210 Å². The normalized spacial score (nSPS) is 14.7. The largest absolute Gasteiger partial charge is 0.490 e. The molecule has 1 atom stereocenters. The summed E-state index contributed by atoms with van der Waals surface area (Å²) in [6.07, 6.45) is 2.15. The van der Waals surface area contributed by atoms with E-state index in [0.717, 1.165) is 25.2 Å². The fourth-order valence-electron chi connectivity index (χ4n) is 3.55. The molecule has 0 saturated carbocycles. The summed E-state index contributed by atoms with van der Waals surface area (Å²) in [5.74, 6) is 1.66. The second-order valence-electron chi connectivity index (χ2n) is 7.89. The van der Waals surface area contributed by atoms with Crippen LogP contribution in [-0.4, -0.2) is 43.6 Å². The predicted molar refractivity (Wildman–Crippen MR) is 138 cm³/mol. The molecule has 1 aliphatic rings. The Bertz CT molecular complexity index is 1120. The summed E-state index contributed by atoms with van der Waals surface area (Å²) in [6, 6.07) is 23.9. The highest BCUT2D eigenvalue weighted by atomic mass is 32.1. The van der Waals surface area contributed by atoms with Crippen LogP contribution in [0, 0.1) is 0 Å². The SMILES string of the molecule is O=C(NC(=S)Nc1ccccc1OCC1CCCO1)c1cccc(OCCOc2ccccc2)c1. The summed E-state index contributed by atoms with van der Waals surface area (Å²) < 4.78 is 22.9. The first kappa shape index (κ1) is 24.5. The van der Waals surface area contributed by atoms with E-state index >= 15 is 0 Å². The molecule has 182 valence electrons. The number of amides is 1. The molecule has 0 aromatic heterocycles. The monoisotopic (exact) mass is 492 g/mol. The number of benzene rings is 3. The van der Waals surface area contributed by atoms with Crippen molar-refractivity contribution in [2.75, 3.05) is 31.7 Å². The third-order valence-electron chi connectivity index (χ3n) is 5.27. The van der Waals surface area contributed by atoms with E-state index < -0.39 is 0 Å². The van der Waals surface area contributed by atoms with E-state index in [1.807, 2.05) is 54.6 Å². The van der Waals surface area contributed by atoms with Crippen molar-refractivity contribution in [1.82, 2.24) is 5.32 Å². The molecular weight excluding hydrogens is 464 g/mol. The van der Waals surface area contributed by atoms with E-state index in [2.05, 4.69) is 10.6 Å². The van der Waals surface area contributed by atoms with E-state index in [-0.39, 0.29) is 17.1 Å². The number of hydrogen-bond donors (Lipinski definition) is 2. The molecule has 7 nitrogen and oxygen atoms in total. The first-order chi connectivity index (χ1) is 17.2. The van der Waals surface area contributed by atoms with Gasteiger partial charge < -0.3 is 24.3 Å². The molecule has 3 aromatic rings. The molecule has 8 heteroatoms. The van der Waals surface area contributed by atoms with Gasteiger partial charge in [-0.2, -0.15) is 0 Å². The highest BCUT2D eigenvalue weighted by Crippen LogP contribution is 2.25. The fraction of sp³-hybridized carbons (Fsp3) is 0.259. The summed E-state index contributed by atoms with van der Waals surface area (Å²) in [4.78, 5) is 12.7. The summed E-state index contributed by atoms with van der Waals surface area (Å²) in [7, 11) is 0. The van der Waals surface area contributed by atoms with Crippen molar-refractivity contribution >= 4 is 28.9 Å². The van der Waals surface area contributed by atoms with Gasteiger partial charge in [-0.05, 0) is 67.5 Å². The maximum absolute atomic E-state index is 12.7. The number of nitrogens with one attached hydrogen (secondary N) is 2. The molecule has 1 heterocycles. The highest BCUT2D eigenvalue weighted by Gasteiger charge is 2.17. The zero-order chi connectivity index (χ0) is 24.3. The van der Waals surface area contributed by atoms with Crippen LogP contribution in [0.15, 0.2) is 78.9 Å². The molecule has 0 bridgehead atoms. The zero-order valence-corrected chi connectivity index (χ0v) is 20.1. The topological polar surface area (TPSA) is 78.1 Å². The van der Waals surface area contributed by atoms with Gasteiger partial charge in [0.2, 0.25) is 0 Å². The molecule has 1 saturated heterocycles. The maximum Gasteiger partial charge on any atom is 0.257 e. The van der Waals surface area contributed by atoms with Gasteiger partial charge in [0.1, 0.15) is 37.1 Å². The van der Waals surface area contributed by atoms with Crippen molar-refractivity contribution in [1.29, 1.82) is 0 Å². The summed E-state index contributed by atoms with van der Waals surface area (Å²) in [5.41, 5.74) is 1.10. The van der Waals surface area contributed by atoms with Crippen molar-refractivity contribution in [3.63, 3.8) is 0 Å². The van der Waals surface area contributed by atoms with E-state index in [0.29, 0.717) is 42.6 Å². The Morgan fingerprint density at radius 3 is 2.46 bits per heavy atom. The number of anilines is 1. The van der Waals surface area contributed by atoms with Gasteiger partial charge in [-0.25, -0.2) is 0 Å².